The topological polar surface area (TPSA) is 65.4 Å². The summed E-state index contributed by atoms with van der Waals surface area (Å²) >= 11 is 0. The number of nitrogens with one attached hydrogen (secondary N) is 1. The highest BCUT2D eigenvalue weighted by Gasteiger charge is 2.18. The summed E-state index contributed by atoms with van der Waals surface area (Å²) in [6.07, 6.45) is 3.34. The van der Waals surface area contributed by atoms with Gasteiger partial charge in [-0.05, 0) is 33.8 Å². The number of hydrogen-bond donors (Lipinski definition) is 1. The van der Waals surface area contributed by atoms with Gasteiger partial charge in [-0.15, -0.1) is 0 Å². The van der Waals surface area contributed by atoms with Gasteiger partial charge in [0.15, 0.2) is 0 Å². The Hall–Kier alpha value is -2.24. The van der Waals surface area contributed by atoms with Crippen LogP contribution in [-0.2, 0) is 11.3 Å². The van der Waals surface area contributed by atoms with Crippen molar-refractivity contribution >= 4 is 17.0 Å². The molecule has 2 heterocycles. The Bertz CT molecular complexity index is 658. The second kappa shape index (κ2) is 6.25. The number of alkyl carbamates (subject to hydrolysis) is 1. The van der Waals surface area contributed by atoms with Crippen LogP contribution in [0.15, 0.2) is 24.5 Å². The minimum absolute atomic E-state index is 0.0625. The SMILES string of the molecule is COc1cc2ccn(C[C@@H](C)NC(=O)OC(C)(C)C)c2cn1. The molecule has 22 heavy (non-hydrogen) atoms. The molecule has 0 fully saturated rings. The fourth-order valence-electron chi connectivity index (χ4n) is 2.19. The third kappa shape index (κ3) is 4.13. The van der Waals surface area contributed by atoms with E-state index in [9.17, 15) is 4.79 Å². The maximum Gasteiger partial charge on any atom is 0.407 e. The lowest BCUT2D eigenvalue weighted by molar-refractivity contribution is 0.0504. The molecule has 0 radical (unpaired) electrons. The summed E-state index contributed by atoms with van der Waals surface area (Å²) in [5.41, 5.74) is 0.503. The Morgan fingerprint density at radius 1 is 1.45 bits per heavy atom. The second-order valence-corrected chi connectivity index (χ2v) is 6.30. The zero-order valence-electron chi connectivity index (χ0n) is 13.7. The summed E-state index contributed by atoms with van der Waals surface area (Å²) < 4.78 is 12.4. The molecular formula is C16H23N3O3. The molecule has 6 nitrogen and oxygen atoms in total. The van der Waals surface area contributed by atoms with Crippen LogP contribution in [-0.4, -0.2) is 34.4 Å². The number of pyridine rings is 1. The first-order valence-corrected chi connectivity index (χ1v) is 7.27. The Kier molecular flexibility index (Phi) is 4.59. The van der Waals surface area contributed by atoms with Crippen molar-refractivity contribution in [1.82, 2.24) is 14.9 Å². The Balaban J connectivity index is 2.03. The van der Waals surface area contributed by atoms with E-state index in [0.29, 0.717) is 12.4 Å². The van der Waals surface area contributed by atoms with Crippen molar-refractivity contribution in [2.24, 2.45) is 0 Å². The molecule has 1 atom stereocenters. The summed E-state index contributed by atoms with van der Waals surface area (Å²) in [5.74, 6) is 0.588. The van der Waals surface area contributed by atoms with Gasteiger partial charge in [-0.1, -0.05) is 0 Å². The van der Waals surface area contributed by atoms with Crippen molar-refractivity contribution in [2.45, 2.75) is 45.9 Å². The molecule has 1 N–H and O–H groups in total. The van der Waals surface area contributed by atoms with E-state index in [1.54, 1.807) is 13.3 Å². The van der Waals surface area contributed by atoms with Gasteiger partial charge in [0.25, 0.3) is 0 Å². The van der Waals surface area contributed by atoms with E-state index in [1.165, 1.54) is 0 Å². The first kappa shape index (κ1) is 16.1. The number of carbonyl (C=O) groups excluding carboxylic acids is 1. The van der Waals surface area contributed by atoms with Gasteiger partial charge < -0.3 is 19.4 Å². The molecule has 0 unspecified atom stereocenters. The van der Waals surface area contributed by atoms with Gasteiger partial charge in [-0.2, -0.15) is 0 Å². The molecule has 6 heteroatoms. The predicted octanol–water partition coefficient (Wildman–Crippen LogP) is 2.96. The number of ether oxygens (including phenoxy) is 2. The fourth-order valence-corrected chi connectivity index (χ4v) is 2.19. The highest BCUT2D eigenvalue weighted by atomic mass is 16.6. The Morgan fingerprint density at radius 2 is 2.18 bits per heavy atom. The molecule has 0 saturated heterocycles. The summed E-state index contributed by atoms with van der Waals surface area (Å²) in [4.78, 5) is 16.0. The van der Waals surface area contributed by atoms with Gasteiger partial charge >= 0.3 is 6.09 Å². The molecule has 0 aliphatic heterocycles. The number of carbonyl (C=O) groups is 1. The maximum absolute atomic E-state index is 11.8. The normalized spacial score (nSPS) is 13.0. The molecule has 2 rings (SSSR count). The van der Waals surface area contributed by atoms with Crippen molar-refractivity contribution < 1.29 is 14.3 Å². The highest BCUT2D eigenvalue weighted by molar-refractivity contribution is 5.80. The second-order valence-electron chi connectivity index (χ2n) is 6.30. The van der Waals surface area contributed by atoms with E-state index in [4.69, 9.17) is 9.47 Å². The third-order valence-electron chi connectivity index (χ3n) is 3.08. The predicted molar refractivity (Wildman–Crippen MR) is 85.1 cm³/mol. The average molecular weight is 305 g/mol. The summed E-state index contributed by atoms with van der Waals surface area (Å²) in [6, 6.07) is 3.82. The van der Waals surface area contributed by atoms with Crippen molar-refractivity contribution in [3.05, 3.63) is 24.5 Å². The molecule has 1 amide bonds. The van der Waals surface area contributed by atoms with E-state index < -0.39 is 11.7 Å². The molecule has 0 aliphatic rings. The molecule has 0 aliphatic carbocycles. The van der Waals surface area contributed by atoms with Gasteiger partial charge in [0.05, 0.1) is 18.8 Å². The number of nitrogens with zero attached hydrogens (tertiary/aromatic N) is 2. The molecular weight excluding hydrogens is 282 g/mol. The molecule has 2 aromatic heterocycles. The van der Waals surface area contributed by atoms with E-state index in [0.717, 1.165) is 10.9 Å². The lowest BCUT2D eigenvalue weighted by Crippen LogP contribution is -2.39. The molecule has 2 aromatic rings. The fraction of sp³-hybridized carbons (Fsp3) is 0.500. The minimum atomic E-state index is -0.496. The molecule has 0 bridgehead atoms. The van der Waals surface area contributed by atoms with Gasteiger partial charge in [0.2, 0.25) is 5.88 Å². The largest absolute Gasteiger partial charge is 0.481 e. The lowest BCUT2D eigenvalue weighted by atomic mass is 10.2. The zero-order valence-corrected chi connectivity index (χ0v) is 13.7. The van der Waals surface area contributed by atoms with Crippen LogP contribution in [0.2, 0.25) is 0 Å². The van der Waals surface area contributed by atoms with Crippen LogP contribution in [0.25, 0.3) is 10.9 Å². The van der Waals surface area contributed by atoms with Gasteiger partial charge in [-0.25, -0.2) is 9.78 Å². The smallest absolute Gasteiger partial charge is 0.407 e. The lowest BCUT2D eigenvalue weighted by Gasteiger charge is -2.22. The standard InChI is InChI=1S/C16H23N3O3/c1-11(18-15(20)22-16(2,3)4)10-19-7-6-12-8-14(21-5)17-9-13(12)19/h6-9,11H,10H2,1-5H3,(H,18,20)/t11-/m1/s1. The first-order valence-electron chi connectivity index (χ1n) is 7.27. The number of rotatable bonds is 4. The van der Waals surface area contributed by atoms with E-state index in [2.05, 4.69) is 10.3 Å². The van der Waals surface area contributed by atoms with Gasteiger partial charge in [0, 0.05) is 30.2 Å². The number of fused-ring (bicyclic) bond motifs is 1. The molecule has 0 saturated carbocycles. The van der Waals surface area contributed by atoms with Crippen LogP contribution in [0.1, 0.15) is 27.7 Å². The Morgan fingerprint density at radius 3 is 2.82 bits per heavy atom. The van der Waals surface area contributed by atoms with Crippen LogP contribution in [0.5, 0.6) is 5.88 Å². The average Bonchev–Trinajstić information content (AvgIpc) is 2.78. The van der Waals surface area contributed by atoms with E-state index in [1.807, 2.05) is 50.6 Å². The number of amides is 1. The minimum Gasteiger partial charge on any atom is -0.481 e. The monoisotopic (exact) mass is 305 g/mol. The van der Waals surface area contributed by atoms with Crippen LogP contribution in [0.4, 0.5) is 4.79 Å². The van der Waals surface area contributed by atoms with Gasteiger partial charge in [0.1, 0.15) is 5.60 Å². The van der Waals surface area contributed by atoms with Crippen molar-refractivity contribution in [1.29, 1.82) is 0 Å². The molecule has 0 aromatic carbocycles. The van der Waals surface area contributed by atoms with Crippen LogP contribution in [0, 0.1) is 0 Å². The number of aromatic nitrogens is 2. The zero-order chi connectivity index (χ0) is 16.3. The van der Waals surface area contributed by atoms with Crippen molar-refractivity contribution in [3.8, 4) is 5.88 Å². The quantitative estimate of drug-likeness (QED) is 0.943. The van der Waals surface area contributed by atoms with E-state index in [-0.39, 0.29) is 6.04 Å². The number of methoxy groups -OCH3 is 1. The number of hydrogen-bond acceptors (Lipinski definition) is 4. The van der Waals surface area contributed by atoms with Gasteiger partial charge in [-0.3, -0.25) is 0 Å². The molecule has 0 spiro atoms. The first-order chi connectivity index (χ1) is 10.3. The summed E-state index contributed by atoms with van der Waals surface area (Å²) in [6.45, 7) is 8.10. The van der Waals surface area contributed by atoms with Crippen LogP contribution in [0.3, 0.4) is 0 Å². The van der Waals surface area contributed by atoms with E-state index >= 15 is 0 Å². The van der Waals surface area contributed by atoms with Crippen LogP contribution >= 0.6 is 0 Å². The highest BCUT2D eigenvalue weighted by Crippen LogP contribution is 2.19. The Labute approximate surface area is 130 Å². The molecule has 120 valence electrons. The summed E-state index contributed by atoms with van der Waals surface area (Å²) in [7, 11) is 1.60. The third-order valence-corrected chi connectivity index (χ3v) is 3.08. The van der Waals surface area contributed by atoms with Crippen molar-refractivity contribution in [2.75, 3.05) is 7.11 Å². The van der Waals surface area contributed by atoms with Crippen LogP contribution < -0.4 is 10.1 Å². The van der Waals surface area contributed by atoms with Crippen molar-refractivity contribution in [3.63, 3.8) is 0 Å². The maximum atomic E-state index is 11.8. The summed E-state index contributed by atoms with van der Waals surface area (Å²) in [5, 5.41) is 3.89.